The fourth-order valence-corrected chi connectivity index (χ4v) is 2.02. The Morgan fingerprint density at radius 1 is 1.50 bits per heavy atom. The van der Waals surface area contributed by atoms with Crippen molar-refractivity contribution in [1.29, 1.82) is 0 Å². The molecule has 0 saturated carbocycles. The van der Waals surface area contributed by atoms with E-state index < -0.39 is 37.1 Å². The number of hydrogen-bond acceptors (Lipinski definition) is 5. The Morgan fingerprint density at radius 2 is 2.11 bits per heavy atom. The van der Waals surface area contributed by atoms with E-state index in [9.17, 15) is 14.0 Å². The zero-order valence-corrected chi connectivity index (χ0v) is 9.83. The summed E-state index contributed by atoms with van der Waals surface area (Å²) in [7, 11) is -1.95. The highest BCUT2D eigenvalue weighted by Crippen LogP contribution is 2.22. The maximum atomic E-state index is 13.4. The van der Waals surface area contributed by atoms with Gasteiger partial charge in [-0.25, -0.2) is 4.39 Å². The van der Waals surface area contributed by atoms with Gasteiger partial charge in [-0.15, -0.1) is 0 Å². The van der Waals surface area contributed by atoms with Crippen molar-refractivity contribution in [3.63, 3.8) is 0 Å². The number of alkyl halides is 1. The molecular formula is C9H17BFN3O4. The minimum absolute atomic E-state index is 0.0383. The van der Waals surface area contributed by atoms with E-state index >= 15 is 0 Å². The molecule has 0 unspecified atom stereocenters. The average molecular weight is 261 g/mol. The van der Waals surface area contributed by atoms with Crippen LogP contribution in [0, 0.1) is 0 Å². The number of rotatable bonds is 5. The van der Waals surface area contributed by atoms with Crippen LogP contribution >= 0.6 is 0 Å². The standard InChI is InChI=1S/C9H17BFN3O4/c11-5-3-4-14(8(5)10(17)18)9(16)6(12)1-2-7(13)15/h5-6,8,17-18H,1-4,12H2,(H2,13,15)/t5-,6+,8-/m1/s1. The Bertz CT molecular complexity index is 331. The first-order chi connectivity index (χ1) is 8.34. The van der Waals surface area contributed by atoms with Crippen LogP contribution in [0.3, 0.4) is 0 Å². The minimum Gasteiger partial charge on any atom is -0.426 e. The summed E-state index contributed by atoms with van der Waals surface area (Å²) < 4.78 is 13.4. The van der Waals surface area contributed by atoms with Crippen LogP contribution in [0.2, 0.25) is 0 Å². The Kier molecular flexibility index (Phi) is 5.06. The molecule has 1 saturated heterocycles. The van der Waals surface area contributed by atoms with Gasteiger partial charge in [0, 0.05) is 13.0 Å². The van der Waals surface area contributed by atoms with Gasteiger partial charge < -0.3 is 26.4 Å². The van der Waals surface area contributed by atoms with Crippen molar-refractivity contribution in [2.24, 2.45) is 11.5 Å². The molecule has 0 aliphatic carbocycles. The zero-order chi connectivity index (χ0) is 13.9. The van der Waals surface area contributed by atoms with E-state index in [1.54, 1.807) is 0 Å². The van der Waals surface area contributed by atoms with Crippen molar-refractivity contribution in [3.8, 4) is 0 Å². The monoisotopic (exact) mass is 261 g/mol. The van der Waals surface area contributed by atoms with Gasteiger partial charge in [0.1, 0.15) is 6.17 Å². The molecule has 0 spiro atoms. The van der Waals surface area contributed by atoms with Gasteiger partial charge in [-0.2, -0.15) is 0 Å². The molecule has 7 nitrogen and oxygen atoms in total. The summed E-state index contributed by atoms with van der Waals surface area (Å²) in [6, 6.07) is -0.996. The molecule has 9 heteroatoms. The lowest BCUT2D eigenvalue weighted by molar-refractivity contribution is -0.133. The fourth-order valence-electron chi connectivity index (χ4n) is 2.02. The smallest absolute Gasteiger partial charge is 0.426 e. The third-order valence-electron chi connectivity index (χ3n) is 2.98. The highest BCUT2D eigenvalue weighted by molar-refractivity contribution is 6.44. The van der Waals surface area contributed by atoms with Crippen LogP contribution in [0.1, 0.15) is 19.3 Å². The first kappa shape index (κ1) is 14.9. The lowest BCUT2D eigenvalue weighted by atomic mass is 9.76. The summed E-state index contributed by atoms with van der Waals surface area (Å²) in [6.45, 7) is 0.0760. The van der Waals surface area contributed by atoms with E-state index in [4.69, 9.17) is 21.5 Å². The molecule has 102 valence electrons. The highest BCUT2D eigenvalue weighted by atomic mass is 19.1. The first-order valence-corrected chi connectivity index (χ1v) is 5.69. The molecule has 0 bridgehead atoms. The van der Waals surface area contributed by atoms with Gasteiger partial charge >= 0.3 is 7.12 Å². The van der Waals surface area contributed by atoms with Gasteiger partial charge in [-0.05, 0) is 12.8 Å². The molecule has 2 amide bonds. The van der Waals surface area contributed by atoms with Crippen LogP contribution in [0.15, 0.2) is 0 Å². The number of amides is 2. The summed E-state index contributed by atoms with van der Waals surface area (Å²) in [5, 5.41) is 18.1. The van der Waals surface area contributed by atoms with Gasteiger partial charge in [-0.1, -0.05) is 0 Å². The number of hydrogen-bond donors (Lipinski definition) is 4. The second-order valence-corrected chi connectivity index (χ2v) is 4.35. The maximum Gasteiger partial charge on any atom is 0.478 e. The maximum absolute atomic E-state index is 13.4. The van der Waals surface area contributed by atoms with Crippen LogP contribution in [-0.2, 0) is 9.59 Å². The third-order valence-corrected chi connectivity index (χ3v) is 2.98. The van der Waals surface area contributed by atoms with Crippen LogP contribution in [-0.4, -0.2) is 58.6 Å². The molecule has 1 fully saturated rings. The van der Waals surface area contributed by atoms with Crippen LogP contribution in [0.5, 0.6) is 0 Å². The van der Waals surface area contributed by atoms with Crippen molar-refractivity contribution >= 4 is 18.9 Å². The van der Waals surface area contributed by atoms with Crippen LogP contribution < -0.4 is 11.5 Å². The molecule has 1 rings (SSSR count). The third kappa shape index (κ3) is 3.41. The molecule has 3 atom stereocenters. The first-order valence-electron chi connectivity index (χ1n) is 5.69. The second kappa shape index (κ2) is 6.12. The normalized spacial score (nSPS) is 25.0. The topological polar surface area (TPSA) is 130 Å². The molecule has 0 radical (unpaired) electrons. The summed E-state index contributed by atoms with van der Waals surface area (Å²) >= 11 is 0. The summed E-state index contributed by atoms with van der Waals surface area (Å²) in [6.07, 6.45) is -1.45. The Morgan fingerprint density at radius 3 is 2.61 bits per heavy atom. The molecule has 18 heavy (non-hydrogen) atoms. The number of halogens is 1. The molecule has 0 aromatic carbocycles. The van der Waals surface area contributed by atoms with Crippen molar-refractivity contribution in [3.05, 3.63) is 0 Å². The summed E-state index contributed by atoms with van der Waals surface area (Å²) in [4.78, 5) is 23.5. The molecule has 1 aliphatic heterocycles. The Labute approximate surface area is 104 Å². The molecule has 1 heterocycles. The molecule has 1 aliphatic rings. The van der Waals surface area contributed by atoms with E-state index in [1.807, 2.05) is 0 Å². The Hall–Kier alpha value is -1.19. The van der Waals surface area contributed by atoms with Gasteiger partial charge in [0.2, 0.25) is 11.8 Å². The van der Waals surface area contributed by atoms with E-state index in [2.05, 4.69) is 0 Å². The summed E-state index contributed by atoms with van der Waals surface area (Å²) in [5.41, 5.74) is 10.5. The van der Waals surface area contributed by atoms with Crippen LogP contribution in [0.25, 0.3) is 0 Å². The Balaban J connectivity index is 2.62. The van der Waals surface area contributed by atoms with Gasteiger partial charge in [-0.3, -0.25) is 9.59 Å². The van der Waals surface area contributed by atoms with Crippen LogP contribution in [0.4, 0.5) is 4.39 Å². The van der Waals surface area contributed by atoms with E-state index in [0.29, 0.717) is 0 Å². The van der Waals surface area contributed by atoms with E-state index in [-0.39, 0.29) is 25.8 Å². The number of nitrogens with zero attached hydrogens (tertiary/aromatic N) is 1. The number of nitrogens with two attached hydrogens (primary N) is 2. The van der Waals surface area contributed by atoms with E-state index in [0.717, 1.165) is 4.90 Å². The van der Waals surface area contributed by atoms with Gasteiger partial charge in [0.05, 0.1) is 12.0 Å². The van der Waals surface area contributed by atoms with Crippen molar-refractivity contribution in [2.45, 2.75) is 37.4 Å². The number of likely N-dealkylation sites (tertiary alicyclic amines) is 1. The molecule has 0 aromatic rings. The summed E-state index contributed by atoms with van der Waals surface area (Å²) in [5.74, 6) is -2.48. The molecule has 6 N–H and O–H groups in total. The SMILES string of the molecule is NC(=O)CC[C@H](N)C(=O)N1CC[C@@H](F)[C@@H]1B(O)O. The second-order valence-electron chi connectivity index (χ2n) is 4.35. The highest BCUT2D eigenvalue weighted by Gasteiger charge is 2.45. The van der Waals surface area contributed by atoms with Crippen molar-refractivity contribution < 1.29 is 24.0 Å². The number of carbonyl (C=O) groups is 2. The lowest BCUT2D eigenvalue weighted by Crippen LogP contribution is -2.53. The van der Waals surface area contributed by atoms with Crippen molar-refractivity contribution in [2.75, 3.05) is 6.54 Å². The zero-order valence-electron chi connectivity index (χ0n) is 9.83. The largest absolute Gasteiger partial charge is 0.478 e. The lowest BCUT2D eigenvalue weighted by Gasteiger charge is -2.27. The quantitative estimate of drug-likeness (QED) is 0.407. The van der Waals surface area contributed by atoms with Gasteiger partial charge in [0.15, 0.2) is 0 Å². The minimum atomic E-state index is -1.95. The predicted octanol–water partition coefficient (Wildman–Crippen LogP) is -2.47. The van der Waals surface area contributed by atoms with Crippen molar-refractivity contribution in [1.82, 2.24) is 4.90 Å². The predicted molar refractivity (Wildman–Crippen MR) is 61.6 cm³/mol. The number of carbonyl (C=O) groups excluding carboxylic acids is 2. The molecular weight excluding hydrogens is 244 g/mol. The molecule has 0 aromatic heterocycles. The van der Waals surface area contributed by atoms with Gasteiger partial charge in [0.25, 0.3) is 0 Å². The average Bonchev–Trinajstić information content (AvgIpc) is 2.66. The fraction of sp³-hybridized carbons (Fsp3) is 0.778. The van der Waals surface area contributed by atoms with E-state index in [1.165, 1.54) is 0 Å². The number of primary amides is 1.